The molecule has 4 heteroatoms. The van der Waals surface area contributed by atoms with Crippen LogP contribution in [-0.2, 0) is 17.9 Å². The molecule has 18 heavy (non-hydrogen) atoms. The van der Waals surface area contributed by atoms with Gasteiger partial charge in [0, 0.05) is 13.0 Å². The van der Waals surface area contributed by atoms with Crippen LogP contribution < -0.4 is 4.57 Å². The van der Waals surface area contributed by atoms with Gasteiger partial charge in [-0.15, -0.1) is 0 Å². The van der Waals surface area contributed by atoms with Gasteiger partial charge in [-0.3, -0.25) is 0 Å². The van der Waals surface area contributed by atoms with Gasteiger partial charge in [-0.1, -0.05) is 13.3 Å². The predicted molar refractivity (Wildman–Crippen MR) is 69.6 cm³/mol. The first-order valence-corrected chi connectivity index (χ1v) is 6.89. The second kappa shape index (κ2) is 9.67. The largest absolute Gasteiger partial charge is 0.369 e. The number of hydrogen-bond acceptors (Lipinski definition) is 2. The Labute approximate surface area is 110 Å². The number of imidazole rings is 1. The summed E-state index contributed by atoms with van der Waals surface area (Å²) in [5, 5.41) is 8.44. The maximum Gasteiger partial charge on any atom is 0.280 e. The molecule has 0 saturated carbocycles. The van der Waals surface area contributed by atoms with Crippen molar-refractivity contribution in [2.24, 2.45) is 0 Å². The molecule has 0 fully saturated rings. The Kier molecular flexibility index (Phi) is 7.90. The van der Waals surface area contributed by atoms with Crippen molar-refractivity contribution >= 4 is 0 Å². The minimum Gasteiger partial charge on any atom is -0.369 e. The van der Waals surface area contributed by atoms with Crippen LogP contribution in [0.25, 0.3) is 0 Å². The van der Waals surface area contributed by atoms with Crippen LogP contribution in [0.3, 0.4) is 0 Å². The minimum absolute atomic E-state index is 0.662. The third-order valence-corrected chi connectivity index (χ3v) is 2.88. The quantitative estimate of drug-likeness (QED) is 0.513. The van der Waals surface area contributed by atoms with Crippen LogP contribution in [0.4, 0.5) is 0 Å². The smallest absolute Gasteiger partial charge is 0.280 e. The number of nitrogens with one attached hydrogen (secondary N) is 1. The van der Waals surface area contributed by atoms with E-state index in [1.54, 1.807) is 0 Å². The van der Waals surface area contributed by atoms with Gasteiger partial charge in [0.25, 0.3) is 5.82 Å². The van der Waals surface area contributed by atoms with E-state index >= 15 is 0 Å². The van der Waals surface area contributed by atoms with Gasteiger partial charge in [0.05, 0.1) is 12.6 Å². The van der Waals surface area contributed by atoms with Crippen LogP contribution in [0.1, 0.15) is 51.3 Å². The van der Waals surface area contributed by atoms with E-state index in [0.717, 1.165) is 44.7 Å². The summed E-state index contributed by atoms with van der Waals surface area (Å²) in [6.07, 6.45) is 10.3. The van der Waals surface area contributed by atoms with Crippen molar-refractivity contribution in [1.82, 2.24) is 4.98 Å². The van der Waals surface area contributed by atoms with Gasteiger partial charge in [0.15, 0.2) is 0 Å². The van der Waals surface area contributed by atoms with Crippen LogP contribution in [0.5, 0.6) is 0 Å². The zero-order valence-corrected chi connectivity index (χ0v) is 11.3. The maximum atomic E-state index is 8.44. The summed E-state index contributed by atoms with van der Waals surface area (Å²) in [6.45, 7) is 4.62. The first-order chi connectivity index (χ1) is 8.88. The van der Waals surface area contributed by atoms with Crippen molar-refractivity contribution in [2.45, 2.75) is 58.6 Å². The Balaban J connectivity index is 2.17. The van der Waals surface area contributed by atoms with Crippen molar-refractivity contribution in [3.8, 4) is 6.07 Å². The van der Waals surface area contributed by atoms with E-state index in [2.05, 4.69) is 28.7 Å². The van der Waals surface area contributed by atoms with Crippen molar-refractivity contribution in [3.63, 3.8) is 0 Å². The predicted octanol–water partition coefficient (Wildman–Crippen LogP) is 2.70. The molecule has 0 saturated heterocycles. The molecule has 1 rings (SSSR count). The highest BCUT2D eigenvalue weighted by Crippen LogP contribution is 2.02. The van der Waals surface area contributed by atoms with Crippen LogP contribution in [-0.4, -0.2) is 11.6 Å². The zero-order valence-electron chi connectivity index (χ0n) is 11.3. The number of H-pyrrole nitrogens is 1. The molecule has 0 bridgehead atoms. The fourth-order valence-electron chi connectivity index (χ4n) is 1.88. The molecule has 0 aliphatic carbocycles. The zero-order chi connectivity index (χ0) is 13.1. The van der Waals surface area contributed by atoms with Gasteiger partial charge >= 0.3 is 0 Å². The molecule has 1 aromatic heterocycles. The van der Waals surface area contributed by atoms with Crippen molar-refractivity contribution in [1.29, 1.82) is 5.26 Å². The molecule has 4 nitrogen and oxygen atoms in total. The molecular formula is C14H24N3O+. The summed E-state index contributed by atoms with van der Waals surface area (Å²) in [5.74, 6) is 1.14. The highest BCUT2D eigenvalue weighted by molar-refractivity contribution is 4.74. The SMILES string of the molecule is CCCOCc1[nH]cc[n+]1CCCCCCC#N. The van der Waals surface area contributed by atoms with E-state index in [0.29, 0.717) is 13.0 Å². The minimum atomic E-state index is 0.662. The molecule has 0 atom stereocenters. The molecule has 1 heterocycles. The molecule has 0 amide bonds. The van der Waals surface area contributed by atoms with Gasteiger partial charge in [0.1, 0.15) is 19.0 Å². The number of rotatable bonds is 10. The van der Waals surface area contributed by atoms with E-state index in [1.807, 2.05) is 6.20 Å². The molecule has 1 aromatic rings. The molecule has 100 valence electrons. The van der Waals surface area contributed by atoms with E-state index in [1.165, 1.54) is 6.42 Å². The lowest BCUT2D eigenvalue weighted by molar-refractivity contribution is -0.705. The standard InChI is InChI=1S/C14H23N3O/c1-2-12-18-13-14-16-9-11-17(14)10-7-5-3-4-6-8-15/h9,11H,2-7,10,12-13H2,1H3/p+1. The number of unbranched alkanes of at least 4 members (excludes halogenated alkanes) is 4. The monoisotopic (exact) mass is 250 g/mol. The first-order valence-electron chi connectivity index (χ1n) is 6.89. The Morgan fingerprint density at radius 2 is 2.17 bits per heavy atom. The van der Waals surface area contributed by atoms with Crippen LogP contribution in [0, 0.1) is 11.3 Å². The Hall–Kier alpha value is -1.34. The summed E-state index contributed by atoms with van der Waals surface area (Å²) >= 11 is 0. The number of aromatic amines is 1. The highest BCUT2D eigenvalue weighted by atomic mass is 16.5. The van der Waals surface area contributed by atoms with Crippen molar-refractivity contribution < 1.29 is 9.30 Å². The van der Waals surface area contributed by atoms with Crippen molar-refractivity contribution in [2.75, 3.05) is 6.61 Å². The third-order valence-electron chi connectivity index (χ3n) is 2.88. The maximum absolute atomic E-state index is 8.44. The van der Waals surface area contributed by atoms with E-state index < -0.39 is 0 Å². The van der Waals surface area contributed by atoms with Crippen LogP contribution in [0.15, 0.2) is 12.4 Å². The number of nitrogens with zero attached hydrogens (tertiary/aromatic N) is 2. The number of nitriles is 1. The molecule has 0 aliphatic heterocycles. The third kappa shape index (κ3) is 5.83. The topological polar surface area (TPSA) is 52.7 Å². The van der Waals surface area contributed by atoms with E-state index in [9.17, 15) is 0 Å². The van der Waals surface area contributed by atoms with Gasteiger partial charge in [-0.2, -0.15) is 5.26 Å². The van der Waals surface area contributed by atoms with E-state index in [-0.39, 0.29) is 0 Å². The van der Waals surface area contributed by atoms with Gasteiger partial charge in [-0.25, -0.2) is 9.55 Å². The number of ether oxygens (including phenoxy) is 1. The second-order valence-electron chi connectivity index (χ2n) is 4.48. The summed E-state index contributed by atoms with van der Waals surface area (Å²) in [5.41, 5.74) is 0. The van der Waals surface area contributed by atoms with Crippen LogP contribution >= 0.6 is 0 Å². The van der Waals surface area contributed by atoms with Gasteiger partial charge in [0.2, 0.25) is 0 Å². The second-order valence-corrected chi connectivity index (χ2v) is 4.48. The summed E-state index contributed by atoms with van der Waals surface area (Å²) in [6, 6.07) is 2.18. The lowest BCUT2D eigenvalue weighted by Crippen LogP contribution is -2.36. The molecule has 1 N–H and O–H groups in total. The highest BCUT2D eigenvalue weighted by Gasteiger charge is 2.09. The molecule has 0 unspecified atom stereocenters. The molecule has 0 spiro atoms. The fraction of sp³-hybridized carbons (Fsp3) is 0.714. The molecule has 0 aromatic carbocycles. The Morgan fingerprint density at radius 3 is 2.94 bits per heavy atom. The first kappa shape index (κ1) is 14.7. The summed E-state index contributed by atoms with van der Waals surface area (Å²) in [4.78, 5) is 3.22. The lowest BCUT2D eigenvalue weighted by Gasteiger charge is -2.02. The Morgan fingerprint density at radius 1 is 1.33 bits per heavy atom. The lowest BCUT2D eigenvalue weighted by atomic mass is 10.1. The fourth-order valence-corrected chi connectivity index (χ4v) is 1.88. The summed E-state index contributed by atoms with van der Waals surface area (Å²) < 4.78 is 7.76. The van der Waals surface area contributed by atoms with Crippen LogP contribution in [0.2, 0.25) is 0 Å². The van der Waals surface area contributed by atoms with Gasteiger partial charge < -0.3 is 4.74 Å². The number of aromatic nitrogens is 2. The van der Waals surface area contributed by atoms with E-state index in [4.69, 9.17) is 10.00 Å². The average Bonchev–Trinajstić information content (AvgIpc) is 2.82. The number of aryl methyl sites for hydroxylation is 1. The Bertz CT molecular complexity index is 354. The number of hydrogen-bond donors (Lipinski definition) is 1. The summed E-state index contributed by atoms with van der Waals surface area (Å²) in [7, 11) is 0. The molecule has 0 radical (unpaired) electrons. The van der Waals surface area contributed by atoms with Gasteiger partial charge in [-0.05, 0) is 25.7 Å². The normalized spacial score (nSPS) is 10.4. The van der Waals surface area contributed by atoms with Crippen molar-refractivity contribution in [3.05, 3.63) is 18.2 Å². The molecule has 0 aliphatic rings. The molecular weight excluding hydrogens is 226 g/mol. The average molecular weight is 250 g/mol.